The lowest BCUT2D eigenvalue weighted by Crippen LogP contribution is -2.34. The van der Waals surface area contributed by atoms with Gasteiger partial charge in [-0.15, -0.1) is 0 Å². The van der Waals surface area contributed by atoms with Crippen molar-refractivity contribution in [2.24, 2.45) is 0 Å². The molecule has 0 aliphatic rings. The third kappa shape index (κ3) is 3.45. The van der Waals surface area contributed by atoms with Crippen LogP contribution < -0.4 is 5.32 Å². The number of rotatable bonds is 4. The van der Waals surface area contributed by atoms with Crippen molar-refractivity contribution in [1.82, 2.24) is 5.32 Å². The van der Waals surface area contributed by atoms with Crippen LogP contribution in [0, 0.1) is 12.7 Å². The summed E-state index contributed by atoms with van der Waals surface area (Å²) in [6.45, 7) is 1.82. The van der Waals surface area contributed by atoms with E-state index in [4.69, 9.17) is 0 Å². The second-order valence-electron chi connectivity index (χ2n) is 4.64. The molecule has 2 aromatic carbocycles. The van der Waals surface area contributed by atoms with Crippen LogP contribution in [0.5, 0.6) is 0 Å². The molecule has 2 rings (SSSR count). The predicted molar refractivity (Wildman–Crippen MR) is 75.4 cm³/mol. The van der Waals surface area contributed by atoms with Crippen LogP contribution in [0.3, 0.4) is 0 Å². The Hall–Kier alpha value is -2.69. The fraction of sp³-hybridized carbons (Fsp3) is 0.125. The first-order valence-electron chi connectivity index (χ1n) is 6.34. The number of nitrogens with one attached hydrogen (secondary N) is 1. The third-order valence-electron chi connectivity index (χ3n) is 3.02. The second-order valence-corrected chi connectivity index (χ2v) is 4.64. The van der Waals surface area contributed by atoms with Gasteiger partial charge in [0.2, 0.25) is 0 Å². The molecular weight excluding hydrogens is 273 g/mol. The molecule has 0 saturated carbocycles. The smallest absolute Gasteiger partial charge is 0.331 e. The highest BCUT2D eigenvalue weighted by molar-refractivity contribution is 5.97. The Labute approximate surface area is 121 Å². The molecule has 21 heavy (non-hydrogen) atoms. The average Bonchev–Trinajstić information content (AvgIpc) is 2.45. The Balaban J connectivity index is 2.27. The number of aryl methyl sites for hydroxylation is 1. The van der Waals surface area contributed by atoms with E-state index in [1.807, 2.05) is 13.0 Å². The molecule has 1 amide bonds. The van der Waals surface area contributed by atoms with E-state index in [1.54, 1.807) is 18.2 Å². The lowest BCUT2D eigenvalue weighted by molar-refractivity contribution is -0.139. The zero-order valence-corrected chi connectivity index (χ0v) is 11.3. The van der Waals surface area contributed by atoms with Crippen LogP contribution in [0.25, 0.3) is 0 Å². The number of carboxylic acid groups (broad SMARTS) is 1. The normalized spacial score (nSPS) is 11.7. The summed E-state index contributed by atoms with van der Waals surface area (Å²) in [5.74, 6) is -2.55. The van der Waals surface area contributed by atoms with E-state index < -0.39 is 23.7 Å². The molecule has 0 heterocycles. The molecule has 1 atom stereocenters. The van der Waals surface area contributed by atoms with E-state index in [0.717, 1.165) is 11.6 Å². The van der Waals surface area contributed by atoms with Crippen LogP contribution in [-0.2, 0) is 4.79 Å². The highest BCUT2D eigenvalue weighted by Crippen LogP contribution is 2.18. The lowest BCUT2D eigenvalue weighted by Gasteiger charge is -2.15. The minimum atomic E-state index is -1.43. The SMILES string of the molecule is Cc1cccc(C(=O)N[C@@H](C(=O)O)c2ccccc2F)c1. The van der Waals surface area contributed by atoms with Crippen LogP contribution in [0.1, 0.15) is 27.5 Å². The molecule has 108 valence electrons. The maximum absolute atomic E-state index is 13.7. The molecule has 0 aliphatic carbocycles. The van der Waals surface area contributed by atoms with E-state index in [-0.39, 0.29) is 5.56 Å². The van der Waals surface area contributed by atoms with Gasteiger partial charge in [0.25, 0.3) is 5.91 Å². The van der Waals surface area contributed by atoms with E-state index >= 15 is 0 Å². The van der Waals surface area contributed by atoms with Crippen LogP contribution in [0.2, 0.25) is 0 Å². The van der Waals surface area contributed by atoms with Gasteiger partial charge in [-0.05, 0) is 25.1 Å². The van der Waals surface area contributed by atoms with Gasteiger partial charge in [-0.3, -0.25) is 4.79 Å². The third-order valence-corrected chi connectivity index (χ3v) is 3.02. The van der Waals surface area contributed by atoms with Crippen LogP contribution in [0.15, 0.2) is 48.5 Å². The van der Waals surface area contributed by atoms with Crippen molar-refractivity contribution in [3.63, 3.8) is 0 Å². The summed E-state index contributed by atoms with van der Waals surface area (Å²) in [5.41, 5.74) is 1.13. The molecule has 0 aromatic heterocycles. The summed E-state index contributed by atoms with van der Waals surface area (Å²) < 4.78 is 13.7. The van der Waals surface area contributed by atoms with Crippen LogP contribution in [0.4, 0.5) is 4.39 Å². The summed E-state index contributed by atoms with van der Waals surface area (Å²) >= 11 is 0. The maximum Gasteiger partial charge on any atom is 0.331 e. The van der Waals surface area contributed by atoms with Gasteiger partial charge >= 0.3 is 5.97 Å². The number of carboxylic acids is 1. The minimum absolute atomic E-state index is 0.0778. The van der Waals surface area contributed by atoms with Gasteiger partial charge in [-0.2, -0.15) is 0 Å². The van der Waals surface area contributed by atoms with E-state index in [0.29, 0.717) is 5.56 Å². The Bertz CT molecular complexity index is 685. The number of hydrogen-bond acceptors (Lipinski definition) is 2. The molecule has 0 bridgehead atoms. The Morgan fingerprint density at radius 3 is 2.48 bits per heavy atom. The van der Waals surface area contributed by atoms with Gasteiger partial charge in [0.05, 0.1) is 0 Å². The zero-order valence-electron chi connectivity index (χ0n) is 11.3. The average molecular weight is 287 g/mol. The zero-order chi connectivity index (χ0) is 15.4. The van der Waals surface area contributed by atoms with E-state index in [9.17, 15) is 19.1 Å². The summed E-state index contributed by atoms with van der Waals surface area (Å²) in [6.07, 6.45) is 0. The molecular formula is C16H14FNO3. The molecule has 0 saturated heterocycles. The fourth-order valence-electron chi connectivity index (χ4n) is 1.98. The number of amides is 1. The molecule has 0 spiro atoms. The Morgan fingerprint density at radius 1 is 1.14 bits per heavy atom. The molecule has 4 nitrogen and oxygen atoms in total. The Kier molecular flexibility index (Phi) is 4.33. The second kappa shape index (κ2) is 6.17. The standard InChI is InChI=1S/C16H14FNO3/c1-10-5-4-6-11(9-10)15(19)18-14(16(20)21)12-7-2-3-8-13(12)17/h2-9,14H,1H3,(H,18,19)(H,20,21)/t14-/m1/s1. The first-order chi connectivity index (χ1) is 9.99. The highest BCUT2D eigenvalue weighted by Gasteiger charge is 2.25. The lowest BCUT2D eigenvalue weighted by atomic mass is 10.1. The van der Waals surface area contributed by atoms with Gasteiger partial charge in [-0.1, -0.05) is 35.9 Å². The van der Waals surface area contributed by atoms with Gasteiger partial charge in [0.1, 0.15) is 5.82 Å². The number of benzene rings is 2. The predicted octanol–water partition coefficient (Wildman–Crippen LogP) is 2.69. The number of halogens is 1. The molecule has 2 N–H and O–H groups in total. The molecule has 5 heteroatoms. The van der Waals surface area contributed by atoms with E-state index in [2.05, 4.69) is 5.32 Å². The molecule has 2 aromatic rings. The fourth-order valence-corrected chi connectivity index (χ4v) is 1.98. The van der Waals surface area contributed by atoms with Crippen molar-refractivity contribution in [2.45, 2.75) is 13.0 Å². The molecule has 0 unspecified atom stereocenters. The number of carbonyl (C=O) groups is 2. The molecule has 0 aliphatic heterocycles. The summed E-state index contributed by atoms with van der Waals surface area (Å²) in [4.78, 5) is 23.4. The minimum Gasteiger partial charge on any atom is -0.479 e. The van der Waals surface area contributed by atoms with Gasteiger partial charge < -0.3 is 10.4 Å². The Morgan fingerprint density at radius 2 is 1.86 bits per heavy atom. The molecule has 0 fully saturated rings. The number of aliphatic carboxylic acids is 1. The van der Waals surface area contributed by atoms with Crippen molar-refractivity contribution in [3.05, 3.63) is 71.0 Å². The summed E-state index contributed by atoms with van der Waals surface area (Å²) in [6, 6.07) is 10.8. The quantitative estimate of drug-likeness (QED) is 0.908. The number of hydrogen-bond donors (Lipinski definition) is 2. The van der Waals surface area contributed by atoms with Gasteiger partial charge in [0, 0.05) is 11.1 Å². The highest BCUT2D eigenvalue weighted by atomic mass is 19.1. The summed E-state index contributed by atoms with van der Waals surface area (Å²) in [5, 5.41) is 11.6. The maximum atomic E-state index is 13.7. The van der Waals surface area contributed by atoms with Gasteiger partial charge in [-0.25, -0.2) is 9.18 Å². The van der Waals surface area contributed by atoms with Crippen molar-refractivity contribution >= 4 is 11.9 Å². The van der Waals surface area contributed by atoms with Crippen molar-refractivity contribution < 1.29 is 19.1 Å². The largest absolute Gasteiger partial charge is 0.479 e. The van der Waals surface area contributed by atoms with E-state index in [1.165, 1.54) is 18.2 Å². The number of carbonyl (C=O) groups excluding carboxylic acids is 1. The summed E-state index contributed by atoms with van der Waals surface area (Å²) in [7, 11) is 0. The van der Waals surface area contributed by atoms with Crippen molar-refractivity contribution in [2.75, 3.05) is 0 Å². The van der Waals surface area contributed by atoms with Gasteiger partial charge in [0.15, 0.2) is 6.04 Å². The van der Waals surface area contributed by atoms with Crippen molar-refractivity contribution in [3.8, 4) is 0 Å². The molecule has 0 radical (unpaired) electrons. The van der Waals surface area contributed by atoms with Crippen LogP contribution in [-0.4, -0.2) is 17.0 Å². The first kappa shape index (κ1) is 14.7. The topological polar surface area (TPSA) is 66.4 Å². The van der Waals surface area contributed by atoms with Crippen LogP contribution >= 0.6 is 0 Å². The monoisotopic (exact) mass is 287 g/mol. The van der Waals surface area contributed by atoms with Crippen molar-refractivity contribution in [1.29, 1.82) is 0 Å². The first-order valence-corrected chi connectivity index (χ1v) is 6.34.